The Morgan fingerprint density at radius 1 is 1.41 bits per heavy atom. The van der Waals surface area contributed by atoms with Crippen molar-refractivity contribution in [2.75, 3.05) is 6.54 Å². The van der Waals surface area contributed by atoms with Crippen LogP contribution in [0.15, 0.2) is 29.2 Å². The van der Waals surface area contributed by atoms with Crippen molar-refractivity contribution in [3.63, 3.8) is 0 Å². The van der Waals surface area contributed by atoms with E-state index < -0.39 is 18.4 Å². The largest absolute Gasteiger partial charge is 0.480 e. The first-order valence-corrected chi connectivity index (χ1v) is 9.31. The van der Waals surface area contributed by atoms with E-state index in [1.807, 2.05) is 0 Å². The Kier molecular flexibility index (Phi) is 5.64. The van der Waals surface area contributed by atoms with E-state index in [2.05, 4.69) is 5.10 Å². The molecule has 140 valence electrons. The number of carboxylic acid groups (broad SMARTS) is 1. The average Bonchev–Trinajstić information content (AvgIpc) is 3.01. The maximum atomic E-state index is 13.0. The molecule has 2 heterocycles. The number of rotatable bonds is 5. The van der Waals surface area contributed by atoms with E-state index in [1.54, 1.807) is 29.8 Å². The number of amides is 1. The molecule has 1 aliphatic rings. The number of carboxylic acids is 1. The van der Waals surface area contributed by atoms with E-state index in [-0.39, 0.29) is 15.0 Å². The van der Waals surface area contributed by atoms with Gasteiger partial charge >= 0.3 is 5.97 Å². The molecule has 6 nitrogen and oxygen atoms in total. The smallest absolute Gasteiger partial charge is 0.323 e. The van der Waals surface area contributed by atoms with Gasteiger partial charge in [0.2, 0.25) is 0 Å². The molecule has 10 heteroatoms. The van der Waals surface area contributed by atoms with E-state index in [0.717, 1.165) is 22.2 Å². The molecule has 0 aliphatic carbocycles. The van der Waals surface area contributed by atoms with E-state index >= 15 is 0 Å². The van der Waals surface area contributed by atoms with Crippen LogP contribution in [0.3, 0.4) is 0 Å². The van der Waals surface area contributed by atoms with Crippen LogP contribution in [-0.2, 0) is 16.1 Å². The van der Waals surface area contributed by atoms with Gasteiger partial charge in [-0.25, -0.2) is 9.07 Å². The van der Waals surface area contributed by atoms with Crippen LogP contribution in [0.2, 0.25) is 5.15 Å². The number of hydrogen-bond donors (Lipinski definition) is 1. The Hall–Kier alpha value is -2.23. The molecule has 1 saturated heterocycles. The summed E-state index contributed by atoms with van der Waals surface area (Å²) >= 11 is 12.5. The number of thioether (sulfide) groups is 1. The van der Waals surface area contributed by atoms with E-state index in [0.29, 0.717) is 23.0 Å². The molecule has 1 fully saturated rings. The average molecular weight is 426 g/mol. The third-order valence-corrected chi connectivity index (χ3v) is 5.57. The Morgan fingerprint density at radius 2 is 2.07 bits per heavy atom. The first-order valence-electron chi connectivity index (χ1n) is 7.70. The number of aryl methyl sites for hydroxylation is 1. The molecule has 0 saturated carbocycles. The van der Waals surface area contributed by atoms with Gasteiger partial charge in [0.05, 0.1) is 17.1 Å². The Balaban J connectivity index is 1.87. The molecule has 1 aromatic heterocycles. The summed E-state index contributed by atoms with van der Waals surface area (Å²) in [6.45, 7) is 1.60. The molecular formula is C17H13ClFN3O3S2. The summed E-state index contributed by atoms with van der Waals surface area (Å²) in [4.78, 5) is 24.6. The SMILES string of the molecule is Cc1nn(Cc2ccc(F)cc2)c(Cl)c1/C=C1/SC(=S)N(CC(=O)O)C1=O. The van der Waals surface area contributed by atoms with Crippen LogP contribution in [0.5, 0.6) is 0 Å². The highest BCUT2D eigenvalue weighted by atomic mass is 35.5. The number of carbonyl (C=O) groups is 2. The van der Waals surface area contributed by atoms with Crippen molar-refractivity contribution in [1.82, 2.24) is 14.7 Å². The van der Waals surface area contributed by atoms with Crippen molar-refractivity contribution >= 4 is 57.9 Å². The van der Waals surface area contributed by atoms with Gasteiger partial charge in [-0.1, -0.05) is 47.7 Å². The van der Waals surface area contributed by atoms with Crippen molar-refractivity contribution in [3.05, 3.63) is 57.0 Å². The lowest BCUT2D eigenvalue weighted by Crippen LogP contribution is -2.33. The van der Waals surface area contributed by atoms with E-state index in [9.17, 15) is 14.0 Å². The summed E-state index contributed by atoms with van der Waals surface area (Å²) in [5.74, 6) is -1.95. The highest BCUT2D eigenvalue weighted by molar-refractivity contribution is 8.26. The maximum absolute atomic E-state index is 13.0. The zero-order valence-electron chi connectivity index (χ0n) is 14.0. The molecule has 2 aromatic rings. The number of aliphatic carboxylic acids is 1. The van der Waals surface area contributed by atoms with Gasteiger partial charge in [0.1, 0.15) is 21.8 Å². The minimum absolute atomic E-state index is 0.182. The fourth-order valence-electron chi connectivity index (χ4n) is 2.50. The zero-order valence-corrected chi connectivity index (χ0v) is 16.4. The summed E-state index contributed by atoms with van der Waals surface area (Å²) in [6.07, 6.45) is 1.56. The first kappa shape index (κ1) is 19.5. The summed E-state index contributed by atoms with van der Waals surface area (Å²) in [5, 5.41) is 13.6. The summed E-state index contributed by atoms with van der Waals surface area (Å²) in [6, 6.07) is 5.99. The second-order valence-corrected chi connectivity index (χ2v) is 7.77. The Bertz CT molecular complexity index is 973. The van der Waals surface area contributed by atoms with Gasteiger partial charge in [-0.15, -0.1) is 0 Å². The van der Waals surface area contributed by atoms with Gasteiger partial charge < -0.3 is 5.11 Å². The summed E-state index contributed by atoms with van der Waals surface area (Å²) < 4.78 is 14.8. The molecule has 0 atom stereocenters. The normalized spacial score (nSPS) is 15.8. The van der Waals surface area contributed by atoms with Crippen molar-refractivity contribution in [1.29, 1.82) is 0 Å². The predicted octanol–water partition coefficient (Wildman–Crippen LogP) is 3.32. The second-order valence-electron chi connectivity index (χ2n) is 5.74. The molecule has 1 aliphatic heterocycles. The third kappa shape index (κ3) is 4.20. The van der Waals surface area contributed by atoms with Crippen molar-refractivity contribution in [2.45, 2.75) is 13.5 Å². The van der Waals surface area contributed by atoms with Crippen LogP contribution >= 0.6 is 35.6 Å². The van der Waals surface area contributed by atoms with Crippen LogP contribution in [0, 0.1) is 12.7 Å². The van der Waals surface area contributed by atoms with Crippen molar-refractivity contribution in [2.24, 2.45) is 0 Å². The van der Waals surface area contributed by atoms with Crippen LogP contribution in [-0.4, -0.2) is 42.5 Å². The highest BCUT2D eigenvalue weighted by Crippen LogP contribution is 2.34. The van der Waals surface area contributed by atoms with Gasteiger partial charge in [-0.3, -0.25) is 14.5 Å². The lowest BCUT2D eigenvalue weighted by atomic mass is 10.2. The Labute approximate surface area is 168 Å². The molecule has 0 bridgehead atoms. The number of thiocarbonyl (C=S) groups is 1. The minimum Gasteiger partial charge on any atom is -0.480 e. The van der Waals surface area contributed by atoms with Gasteiger partial charge in [0.25, 0.3) is 5.91 Å². The highest BCUT2D eigenvalue weighted by Gasteiger charge is 2.33. The number of hydrogen-bond acceptors (Lipinski definition) is 5. The minimum atomic E-state index is -1.14. The Morgan fingerprint density at radius 3 is 2.70 bits per heavy atom. The fourth-order valence-corrected chi connectivity index (χ4v) is 4.03. The topological polar surface area (TPSA) is 75.4 Å². The van der Waals surface area contributed by atoms with Crippen molar-refractivity contribution < 1.29 is 19.1 Å². The standard InChI is InChI=1S/C17H13ClFN3O3S2/c1-9-12(6-13-16(25)21(8-14(23)24)17(26)27-13)15(18)22(20-9)7-10-2-4-11(19)5-3-10/h2-6H,7-8H2,1H3,(H,23,24)/b13-6+. The fraction of sp³-hybridized carbons (Fsp3) is 0.176. The van der Waals surface area contributed by atoms with E-state index in [1.165, 1.54) is 12.1 Å². The number of carbonyl (C=O) groups excluding carboxylic acids is 1. The molecule has 1 N–H and O–H groups in total. The number of nitrogens with zero attached hydrogens (tertiary/aromatic N) is 3. The van der Waals surface area contributed by atoms with Crippen LogP contribution in [0.1, 0.15) is 16.8 Å². The molecule has 0 spiro atoms. The summed E-state index contributed by atoms with van der Waals surface area (Å²) in [7, 11) is 0. The predicted molar refractivity (Wildman–Crippen MR) is 105 cm³/mol. The number of aromatic nitrogens is 2. The lowest BCUT2D eigenvalue weighted by molar-refractivity contribution is -0.140. The van der Waals surface area contributed by atoms with Crippen LogP contribution in [0.25, 0.3) is 6.08 Å². The van der Waals surface area contributed by atoms with Crippen LogP contribution in [0.4, 0.5) is 4.39 Å². The first-order chi connectivity index (χ1) is 12.8. The van der Waals surface area contributed by atoms with Crippen molar-refractivity contribution in [3.8, 4) is 0 Å². The lowest BCUT2D eigenvalue weighted by Gasteiger charge is -2.10. The van der Waals surface area contributed by atoms with Gasteiger partial charge in [0.15, 0.2) is 0 Å². The zero-order chi connectivity index (χ0) is 19.7. The number of halogens is 2. The molecule has 0 radical (unpaired) electrons. The quantitative estimate of drug-likeness (QED) is 0.585. The molecule has 1 aromatic carbocycles. The monoisotopic (exact) mass is 425 g/mol. The molecule has 1 amide bonds. The molecule has 3 rings (SSSR count). The molecule has 0 unspecified atom stereocenters. The molecular weight excluding hydrogens is 413 g/mol. The van der Waals surface area contributed by atoms with E-state index in [4.69, 9.17) is 28.9 Å². The van der Waals surface area contributed by atoms with Gasteiger partial charge in [-0.05, 0) is 30.7 Å². The second kappa shape index (κ2) is 7.79. The van der Waals surface area contributed by atoms with Gasteiger partial charge in [-0.2, -0.15) is 5.10 Å². The van der Waals surface area contributed by atoms with Crippen LogP contribution < -0.4 is 0 Å². The molecule has 27 heavy (non-hydrogen) atoms. The van der Waals surface area contributed by atoms with Gasteiger partial charge in [0, 0.05) is 5.56 Å². The number of benzene rings is 1. The summed E-state index contributed by atoms with van der Waals surface area (Å²) in [5.41, 5.74) is 1.97. The maximum Gasteiger partial charge on any atom is 0.323 e. The third-order valence-electron chi connectivity index (χ3n) is 3.80.